The van der Waals surface area contributed by atoms with Gasteiger partial charge in [0.25, 0.3) is 5.91 Å². The zero-order chi connectivity index (χ0) is 38.9. The largest absolute Gasteiger partial charge is 0.465 e. The number of anilines is 2. The summed E-state index contributed by atoms with van der Waals surface area (Å²) in [5.74, 6) is -2.33. The van der Waals surface area contributed by atoms with Crippen LogP contribution in [0.5, 0.6) is 0 Å². The van der Waals surface area contributed by atoms with Crippen LogP contribution in [0, 0.1) is 0 Å². The summed E-state index contributed by atoms with van der Waals surface area (Å²) >= 11 is 0. The van der Waals surface area contributed by atoms with Crippen molar-refractivity contribution >= 4 is 40.3 Å². The first kappa shape index (κ1) is 16.1. The smallest absolute Gasteiger partial charge is 0.337 e. The Hall–Kier alpha value is -4.27. The molecule has 0 aliphatic carbocycles. The van der Waals surface area contributed by atoms with E-state index in [4.69, 9.17) is 21.2 Å². The predicted octanol–water partition coefficient (Wildman–Crippen LogP) is 3.79. The summed E-state index contributed by atoms with van der Waals surface area (Å²) in [6, 6.07) is 10.6. The van der Waals surface area contributed by atoms with Crippen molar-refractivity contribution in [2.24, 2.45) is 0 Å². The number of piperazine rings is 1. The van der Waals surface area contributed by atoms with Gasteiger partial charge in [-0.05, 0) is 54.4 Å². The number of allylic oxidation sites excluding steroid dienone is 1. The van der Waals surface area contributed by atoms with Crippen molar-refractivity contribution in [3.63, 3.8) is 0 Å². The van der Waals surface area contributed by atoms with Crippen LogP contribution in [-0.4, -0.2) is 81.3 Å². The van der Waals surface area contributed by atoms with Gasteiger partial charge in [-0.25, -0.2) is 4.79 Å². The van der Waals surface area contributed by atoms with Crippen molar-refractivity contribution in [2.45, 2.75) is 6.42 Å². The molecule has 3 aromatic carbocycles. The molecule has 0 bridgehead atoms. The van der Waals surface area contributed by atoms with Crippen molar-refractivity contribution < 1.29 is 35.6 Å². The van der Waals surface area contributed by atoms with E-state index in [1.807, 2.05) is 0 Å². The van der Waals surface area contributed by atoms with Crippen LogP contribution in [0.2, 0.25) is 0 Å². The number of methoxy groups -OCH3 is 1. The summed E-state index contributed by atoms with van der Waals surface area (Å²) < 4.78 is 107. The summed E-state index contributed by atoms with van der Waals surface area (Å²) in [7, 11) is 3.17. The molecule has 0 radical (unpaired) electrons. The van der Waals surface area contributed by atoms with Crippen LogP contribution in [-0.2, 0) is 20.7 Å². The first-order chi connectivity index (χ1) is 24.0. The molecule has 0 unspecified atom stereocenters. The molecule has 2 amide bonds. The number of benzene rings is 3. The molecule has 0 atom stereocenters. The topological polar surface area (TPSA) is 82.2 Å². The van der Waals surface area contributed by atoms with Crippen LogP contribution >= 0.6 is 0 Å². The third kappa shape index (κ3) is 5.83. The summed E-state index contributed by atoms with van der Waals surface area (Å²) in [6.07, 6.45) is -0.288. The van der Waals surface area contributed by atoms with Crippen LogP contribution in [0.1, 0.15) is 43.5 Å². The lowest BCUT2D eigenvalue weighted by atomic mass is 9.90. The number of likely N-dealkylation sites (N-methyl/N-ethyl adjacent to an activating group) is 2. The van der Waals surface area contributed by atoms with Crippen molar-refractivity contribution in [1.29, 1.82) is 0 Å². The molecule has 5 rings (SSSR count). The van der Waals surface area contributed by atoms with E-state index in [0.717, 1.165) is 14.1 Å². The molecule has 40 heavy (non-hydrogen) atoms. The third-order valence-corrected chi connectivity index (χ3v) is 6.33. The van der Waals surface area contributed by atoms with Gasteiger partial charge in [-0.2, -0.15) is 0 Å². The van der Waals surface area contributed by atoms with Gasteiger partial charge in [-0.1, -0.05) is 48.5 Å². The fourth-order valence-electron chi connectivity index (χ4n) is 4.23. The number of ether oxygens (including phenoxy) is 1. The minimum atomic E-state index is -3.25. The van der Waals surface area contributed by atoms with Gasteiger partial charge in [0.05, 0.1) is 30.3 Å². The molecule has 3 aromatic rings. The monoisotopic (exact) mass is 550 g/mol. The molecule has 1 N–H and O–H groups in total. The van der Waals surface area contributed by atoms with Gasteiger partial charge in [-0.3, -0.25) is 14.5 Å². The second-order valence-corrected chi connectivity index (χ2v) is 8.97. The number of rotatable bonds is 7. The summed E-state index contributed by atoms with van der Waals surface area (Å²) in [6.45, 7) is -14.0. The van der Waals surface area contributed by atoms with Gasteiger partial charge in [0.15, 0.2) is 0 Å². The Morgan fingerprint density at radius 1 is 1.02 bits per heavy atom. The SMILES string of the molecule is [2H]c1c([2H])c(N(C)C(=O)CN2C([2H])([2H])C([2H])([2H])N(C)C([2H])([2H])C2([2H])[2H])c([2H])c([2H])c1C/C(=C1\C(=O)Nc2cc(C(=O)OC)ccc21)c1ccccc1. The molecule has 206 valence electrons. The fraction of sp³-hybridized carbons (Fsp3) is 0.281. The Balaban J connectivity index is 1.57. The standard InChI is InChI=1S/C32H34N4O4/c1-34-15-17-36(18-16-34)21-29(37)35(2)25-12-9-22(10-13-25)19-27(23-7-5-4-6-8-23)30-26-14-11-24(32(39)40-3)20-28(26)33-31(30)38/h4-14,20H,15-19,21H2,1-3H3,(H,33,38)/b30-27+/i9D,10D,12D,13D,15D2,16D2,17D2,18D2. The highest BCUT2D eigenvalue weighted by Crippen LogP contribution is 2.39. The normalized spacial score (nSPS) is 26.1. The number of esters is 1. The lowest BCUT2D eigenvalue weighted by Gasteiger charge is -2.32. The van der Waals surface area contributed by atoms with Crippen LogP contribution in [0.4, 0.5) is 11.4 Å². The van der Waals surface area contributed by atoms with Gasteiger partial charge in [0.2, 0.25) is 5.91 Å². The fourth-order valence-corrected chi connectivity index (χ4v) is 4.23. The van der Waals surface area contributed by atoms with Crippen molar-refractivity contribution in [3.05, 3.63) is 95.0 Å². The van der Waals surface area contributed by atoms with Crippen molar-refractivity contribution in [1.82, 2.24) is 9.80 Å². The Morgan fingerprint density at radius 3 is 2.40 bits per heavy atom. The molecular formula is C32H34N4O4. The number of carbonyl (C=O) groups excluding carboxylic acids is 3. The highest BCUT2D eigenvalue weighted by atomic mass is 16.5. The molecule has 2 aliphatic heterocycles. The Bertz CT molecular complexity index is 1970. The molecule has 2 heterocycles. The van der Waals surface area contributed by atoms with Crippen LogP contribution < -0.4 is 10.2 Å². The average Bonchev–Trinajstić information content (AvgIpc) is 3.42. The number of hydrogen-bond donors (Lipinski definition) is 1. The lowest BCUT2D eigenvalue weighted by molar-refractivity contribution is -0.119. The van der Waals surface area contributed by atoms with E-state index < -0.39 is 80.2 Å². The molecule has 8 heteroatoms. The molecule has 0 aromatic heterocycles. The predicted molar refractivity (Wildman–Crippen MR) is 157 cm³/mol. The van der Waals surface area contributed by atoms with Gasteiger partial charge >= 0.3 is 5.97 Å². The second kappa shape index (κ2) is 11.9. The van der Waals surface area contributed by atoms with E-state index in [1.54, 1.807) is 36.4 Å². The Kier molecular flexibility index (Phi) is 4.77. The molecule has 0 spiro atoms. The van der Waals surface area contributed by atoms with E-state index in [-0.39, 0.29) is 32.9 Å². The molecule has 1 fully saturated rings. The van der Waals surface area contributed by atoms with Crippen molar-refractivity contribution in [2.75, 3.05) is 64.0 Å². The number of carbonyl (C=O) groups is 3. The molecular weight excluding hydrogens is 504 g/mol. The number of nitrogens with zero attached hydrogens (tertiary/aromatic N) is 3. The highest BCUT2D eigenvalue weighted by Gasteiger charge is 2.29. The molecule has 8 nitrogen and oxygen atoms in total. The Labute approximate surface area is 251 Å². The first-order valence-corrected chi connectivity index (χ1v) is 12.2. The lowest BCUT2D eigenvalue weighted by Crippen LogP contribution is -2.48. The maximum Gasteiger partial charge on any atom is 0.337 e. The third-order valence-electron chi connectivity index (χ3n) is 6.33. The zero-order valence-corrected chi connectivity index (χ0v) is 22.0. The van der Waals surface area contributed by atoms with Crippen molar-refractivity contribution in [3.8, 4) is 0 Å². The maximum atomic E-state index is 13.6. The number of fused-ring (bicyclic) bond motifs is 1. The van der Waals surface area contributed by atoms with E-state index in [2.05, 4.69) is 5.32 Å². The van der Waals surface area contributed by atoms with E-state index in [9.17, 15) is 14.4 Å². The molecule has 2 aliphatic rings. The highest BCUT2D eigenvalue weighted by molar-refractivity contribution is 6.37. The quantitative estimate of drug-likeness (QED) is 0.356. The minimum Gasteiger partial charge on any atom is -0.465 e. The number of nitrogens with one attached hydrogen (secondary N) is 1. The Morgan fingerprint density at radius 2 is 1.73 bits per heavy atom. The van der Waals surface area contributed by atoms with Gasteiger partial charge < -0.3 is 19.9 Å². The number of amides is 2. The van der Waals surface area contributed by atoms with Gasteiger partial charge in [0, 0.05) is 60.9 Å². The molecule has 0 saturated carbocycles. The van der Waals surface area contributed by atoms with Crippen LogP contribution in [0.25, 0.3) is 11.1 Å². The summed E-state index contributed by atoms with van der Waals surface area (Å²) in [4.78, 5) is 40.2. The summed E-state index contributed by atoms with van der Waals surface area (Å²) in [5.41, 5.74) is 1.29. The van der Waals surface area contributed by atoms with E-state index in [0.29, 0.717) is 27.3 Å². The van der Waals surface area contributed by atoms with Gasteiger partial charge in [-0.15, -0.1) is 0 Å². The van der Waals surface area contributed by atoms with Crippen LogP contribution in [0.3, 0.4) is 0 Å². The second-order valence-electron chi connectivity index (χ2n) is 8.97. The van der Waals surface area contributed by atoms with E-state index in [1.165, 1.54) is 19.2 Å². The summed E-state index contributed by atoms with van der Waals surface area (Å²) in [5, 5.41) is 2.73. The molecule has 1 saturated heterocycles. The average molecular weight is 551 g/mol. The zero-order valence-electron chi connectivity index (χ0n) is 34.0. The minimum absolute atomic E-state index is 0.112. The first-order valence-electron chi connectivity index (χ1n) is 18.2. The maximum absolute atomic E-state index is 13.6. The number of hydrogen-bond acceptors (Lipinski definition) is 6. The van der Waals surface area contributed by atoms with Crippen LogP contribution in [0.15, 0.2) is 72.7 Å². The van der Waals surface area contributed by atoms with E-state index >= 15 is 0 Å². The van der Waals surface area contributed by atoms with Gasteiger partial charge in [0.1, 0.15) is 0 Å².